The average molecular weight is 305 g/mol. The fourth-order valence-electron chi connectivity index (χ4n) is 2.24. The summed E-state index contributed by atoms with van der Waals surface area (Å²) in [4.78, 5) is 36.5. The van der Waals surface area contributed by atoms with Gasteiger partial charge in [0.1, 0.15) is 11.6 Å². The fraction of sp³-hybridized carbons (Fsp3) is 0.438. The molecule has 1 aromatic carbocycles. The van der Waals surface area contributed by atoms with Crippen molar-refractivity contribution in [1.29, 1.82) is 0 Å². The van der Waals surface area contributed by atoms with E-state index in [4.69, 9.17) is 9.47 Å². The number of rotatable bonds is 2. The maximum atomic E-state index is 12.2. The molecule has 0 spiro atoms. The lowest BCUT2D eigenvalue weighted by atomic mass is 9.91. The number of imide groups is 1. The zero-order valence-corrected chi connectivity index (χ0v) is 13.0. The van der Waals surface area contributed by atoms with Crippen molar-refractivity contribution in [2.75, 3.05) is 0 Å². The van der Waals surface area contributed by atoms with Crippen LogP contribution in [0.25, 0.3) is 0 Å². The van der Waals surface area contributed by atoms with E-state index >= 15 is 0 Å². The molecule has 0 radical (unpaired) electrons. The molecule has 22 heavy (non-hydrogen) atoms. The smallest absolute Gasteiger partial charge is 0.417 e. The lowest BCUT2D eigenvalue weighted by Gasteiger charge is -2.44. The van der Waals surface area contributed by atoms with E-state index in [2.05, 4.69) is 0 Å². The third-order valence-corrected chi connectivity index (χ3v) is 3.07. The van der Waals surface area contributed by atoms with Crippen molar-refractivity contribution in [3.05, 3.63) is 35.9 Å². The Bertz CT molecular complexity index is 590. The topological polar surface area (TPSA) is 72.9 Å². The Balaban J connectivity index is 2.27. The lowest BCUT2D eigenvalue weighted by Crippen LogP contribution is -2.63. The molecule has 2 rings (SSSR count). The summed E-state index contributed by atoms with van der Waals surface area (Å²) in [6.07, 6.45) is -1.73. The Morgan fingerprint density at radius 1 is 1.14 bits per heavy atom. The number of amides is 2. The molecule has 1 saturated heterocycles. The number of likely N-dealkylation sites (tertiary alicyclic amines) is 1. The minimum absolute atomic E-state index is 0.567. The normalized spacial score (nSPS) is 21.1. The second kappa shape index (κ2) is 5.79. The van der Waals surface area contributed by atoms with E-state index < -0.39 is 35.7 Å². The lowest BCUT2D eigenvalue weighted by molar-refractivity contribution is -0.180. The quantitative estimate of drug-likeness (QED) is 0.620. The maximum absolute atomic E-state index is 12.2. The molecule has 0 aliphatic carbocycles. The third-order valence-electron chi connectivity index (χ3n) is 3.07. The molecule has 0 bridgehead atoms. The van der Waals surface area contributed by atoms with Crippen LogP contribution in [-0.2, 0) is 19.1 Å². The van der Waals surface area contributed by atoms with Crippen LogP contribution in [0, 0.1) is 0 Å². The van der Waals surface area contributed by atoms with Crippen molar-refractivity contribution in [3.8, 4) is 0 Å². The standard InChI is InChI=1S/C16H19NO5/c1-10(18)21-13-12(11-8-6-5-7-9-11)17(14(13)19)15(20)22-16(2,3)4/h5-9,12-13H,1-4H3/t12-,13-/m1/s1. The van der Waals surface area contributed by atoms with Gasteiger partial charge in [0, 0.05) is 6.92 Å². The Hall–Kier alpha value is -2.37. The van der Waals surface area contributed by atoms with E-state index in [9.17, 15) is 14.4 Å². The van der Waals surface area contributed by atoms with Crippen LogP contribution in [0.1, 0.15) is 39.3 Å². The monoisotopic (exact) mass is 305 g/mol. The first-order valence-electron chi connectivity index (χ1n) is 6.99. The van der Waals surface area contributed by atoms with Crippen LogP contribution in [-0.4, -0.2) is 34.6 Å². The third kappa shape index (κ3) is 3.27. The van der Waals surface area contributed by atoms with Gasteiger partial charge in [0.2, 0.25) is 6.10 Å². The summed E-state index contributed by atoms with van der Waals surface area (Å²) in [6, 6.07) is 8.28. The van der Waals surface area contributed by atoms with Gasteiger partial charge >= 0.3 is 12.1 Å². The molecule has 1 fully saturated rings. The summed E-state index contributed by atoms with van der Waals surface area (Å²) in [5.74, 6) is -1.14. The van der Waals surface area contributed by atoms with Crippen molar-refractivity contribution in [3.63, 3.8) is 0 Å². The van der Waals surface area contributed by atoms with E-state index in [0.717, 1.165) is 4.90 Å². The molecule has 1 aliphatic rings. The number of β-lactam (4-membered cyclic amide) rings is 1. The van der Waals surface area contributed by atoms with Gasteiger partial charge in [-0.1, -0.05) is 30.3 Å². The van der Waals surface area contributed by atoms with Crippen LogP contribution in [0.3, 0.4) is 0 Å². The largest absolute Gasteiger partial charge is 0.450 e. The number of hydrogen-bond acceptors (Lipinski definition) is 5. The van der Waals surface area contributed by atoms with Gasteiger partial charge < -0.3 is 9.47 Å². The maximum Gasteiger partial charge on any atom is 0.417 e. The molecule has 0 N–H and O–H groups in total. The van der Waals surface area contributed by atoms with E-state index in [1.165, 1.54) is 6.92 Å². The SMILES string of the molecule is CC(=O)O[C@H]1C(=O)N(C(=O)OC(C)(C)C)[C@@H]1c1ccccc1. The average Bonchev–Trinajstić information content (AvgIpc) is 2.40. The second-order valence-corrected chi connectivity index (χ2v) is 6.07. The van der Waals surface area contributed by atoms with Crippen molar-refractivity contribution >= 4 is 18.0 Å². The van der Waals surface area contributed by atoms with Gasteiger partial charge in [0.25, 0.3) is 5.91 Å². The van der Waals surface area contributed by atoms with Crippen molar-refractivity contribution < 1.29 is 23.9 Å². The van der Waals surface area contributed by atoms with Gasteiger partial charge in [-0.15, -0.1) is 0 Å². The molecule has 6 heteroatoms. The minimum Gasteiger partial charge on any atom is -0.450 e. The number of benzene rings is 1. The summed E-state index contributed by atoms with van der Waals surface area (Å²) in [7, 11) is 0. The minimum atomic E-state index is -0.993. The van der Waals surface area contributed by atoms with Gasteiger partial charge in [-0.25, -0.2) is 9.69 Å². The molecule has 6 nitrogen and oxygen atoms in total. The Morgan fingerprint density at radius 2 is 1.73 bits per heavy atom. The van der Waals surface area contributed by atoms with Crippen LogP contribution in [0.4, 0.5) is 4.79 Å². The van der Waals surface area contributed by atoms with E-state index in [0.29, 0.717) is 5.56 Å². The second-order valence-electron chi connectivity index (χ2n) is 6.07. The Kier molecular flexibility index (Phi) is 4.21. The van der Waals surface area contributed by atoms with Crippen molar-refractivity contribution in [2.45, 2.75) is 45.4 Å². The molecular formula is C16H19NO5. The van der Waals surface area contributed by atoms with Crippen LogP contribution in [0.2, 0.25) is 0 Å². The number of hydrogen-bond donors (Lipinski definition) is 0. The molecule has 2 amide bonds. The van der Waals surface area contributed by atoms with E-state index in [-0.39, 0.29) is 0 Å². The number of ether oxygens (including phenoxy) is 2. The number of esters is 1. The summed E-state index contributed by atoms with van der Waals surface area (Å²) < 4.78 is 10.3. The molecular weight excluding hydrogens is 286 g/mol. The molecule has 118 valence electrons. The predicted molar refractivity (Wildman–Crippen MR) is 77.8 cm³/mol. The molecule has 2 atom stereocenters. The highest BCUT2D eigenvalue weighted by molar-refractivity contribution is 6.02. The van der Waals surface area contributed by atoms with Crippen molar-refractivity contribution in [1.82, 2.24) is 4.90 Å². The van der Waals surface area contributed by atoms with Crippen molar-refractivity contribution in [2.24, 2.45) is 0 Å². The van der Waals surface area contributed by atoms with E-state index in [1.807, 2.05) is 6.07 Å². The first-order chi connectivity index (χ1) is 10.2. The highest BCUT2D eigenvalue weighted by Gasteiger charge is 2.55. The molecule has 0 unspecified atom stereocenters. The van der Waals surface area contributed by atoms with Gasteiger partial charge in [-0.3, -0.25) is 9.59 Å². The highest BCUT2D eigenvalue weighted by Crippen LogP contribution is 2.38. The molecule has 0 aromatic heterocycles. The van der Waals surface area contributed by atoms with Crippen LogP contribution >= 0.6 is 0 Å². The van der Waals surface area contributed by atoms with Gasteiger partial charge in [-0.2, -0.15) is 0 Å². The molecule has 1 aromatic rings. The number of nitrogens with zero attached hydrogens (tertiary/aromatic N) is 1. The zero-order chi connectivity index (χ0) is 16.5. The summed E-state index contributed by atoms with van der Waals surface area (Å²) >= 11 is 0. The summed E-state index contributed by atoms with van der Waals surface area (Å²) in [5.41, 5.74) is -0.00954. The Labute approximate surface area is 129 Å². The predicted octanol–water partition coefficient (Wildman–Crippen LogP) is 2.44. The summed E-state index contributed by atoms with van der Waals surface area (Å²) in [5, 5.41) is 0. The number of carbonyl (C=O) groups is 3. The zero-order valence-electron chi connectivity index (χ0n) is 13.0. The first kappa shape index (κ1) is 16.0. The van der Waals surface area contributed by atoms with Gasteiger partial charge in [0.05, 0.1) is 0 Å². The highest BCUT2D eigenvalue weighted by atomic mass is 16.6. The molecule has 1 aliphatic heterocycles. The van der Waals surface area contributed by atoms with E-state index in [1.54, 1.807) is 45.0 Å². The van der Waals surface area contributed by atoms with Crippen LogP contribution in [0.15, 0.2) is 30.3 Å². The summed E-state index contributed by atoms with van der Waals surface area (Å²) in [6.45, 7) is 6.38. The van der Waals surface area contributed by atoms with Gasteiger partial charge in [-0.05, 0) is 26.3 Å². The fourth-order valence-corrected chi connectivity index (χ4v) is 2.24. The van der Waals surface area contributed by atoms with Crippen LogP contribution < -0.4 is 0 Å². The van der Waals surface area contributed by atoms with Gasteiger partial charge in [0.15, 0.2) is 0 Å². The molecule has 0 saturated carbocycles. The molecule has 1 heterocycles. The Morgan fingerprint density at radius 3 is 2.23 bits per heavy atom. The van der Waals surface area contributed by atoms with Crippen LogP contribution in [0.5, 0.6) is 0 Å². The number of carbonyl (C=O) groups excluding carboxylic acids is 3. The first-order valence-corrected chi connectivity index (χ1v) is 6.99.